The van der Waals surface area contributed by atoms with Gasteiger partial charge in [0.2, 0.25) is 5.91 Å². The van der Waals surface area contributed by atoms with Gasteiger partial charge < -0.3 is 4.90 Å². The van der Waals surface area contributed by atoms with Crippen LogP contribution in [-0.4, -0.2) is 30.3 Å². The normalized spacial score (nSPS) is 9.58. The zero-order valence-electron chi connectivity index (χ0n) is 7.77. The van der Waals surface area contributed by atoms with Crippen LogP contribution in [-0.2, 0) is 4.79 Å². The Morgan fingerprint density at radius 1 is 1.58 bits per heavy atom. The Labute approximate surface area is 79.2 Å². The Kier molecular flexibility index (Phi) is 5.81. The topological polar surface area (TPSA) is 20.3 Å². The highest BCUT2D eigenvalue weighted by molar-refractivity contribution is 6.17. The van der Waals surface area contributed by atoms with Gasteiger partial charge in [0, 0.05) is 25.9 Å². The Bertz CT molecular complexity index is 168. The fraction of sp³-hybridized carbons (Fsp3) is 0.667. The summed E-state index contributed by atoms with van der Waals surface area (Å²) in [6.45, 7) is 6.29. The molecule has 0 heterocycles. The fourth-order valence-corrected chi connectivity index (χ4v) is 1.04. The number of amides is 1. The van der Waals surface area contributed by atoms with Crippen LogP contribution in [0.4, 0.5) is 0 Å². The van der Waals surface area contributed by atoms with Gasteiger partial charge >= 0.3 is 0 Å². The first-order valence-electron chi connectivity index (χ1n) is 4.02. The van der Waals surface area contributed by atoms with E-state index in [0.29, 0.717) is 18.8 Å². The average Bonchev–Trinajstić information content (AvgIpc) is 1.98. The molecule has 0 spiro atoms. The van der Waals surface area contributed by atoms with Crippen LogP contribution in [0, 0.1) is 0 Å². The van der Waals surface area contributed by atoms with Gasteiger partial charge in [0.25, 0.3) is 0 Å². The summed E-state index contributed by atoms with van der Waals surface area (Å²) in [7, 11) is 1.78. The smallest absolute Gasteiger partial charge is 0.222 e. The van der Waals surface area contributed by atoms with Crippen LogP contribution in [0.25, 0.3) is 0 Å². The molecule has 0 aliphatic rings. The first-order valence-corrected chi connectivity index (χ1v) is 4.55. The van der Waals surface area contributed by atoms with Gasteiger partial charge in [-0.05, 0) is 13.3 Å². The van der Waals surface area contributed by atoms with E-state index in [9.17, 15) is 4.79 Å². The summed E-state index contributed by atoms with van der Waals surface area (Å²) in [4.78, 5) is 12.9. The highest BCUT2D eigenvalue weighted by Gasteiger charge is 2.06. The van der Waals surface area contributed by atoms with E-state index < -0.39 is 0 Å². The fourth-order valence-electron chi connectivity index (χ4n) is 0.902. The van der Waals surface area contributed by atoms with Crippen LogP contribution in [0.3, 0.4) is 0 Å². The molecule has 0 unspecified atom stereocenters. The minimum Gasteiger partial charge on any atom is -0.342 e. The van der Waals surface area contributed by atoms with Gasteiger partial charge in [0.15, 0.2) is 0 Å². The molecule has 0 aliphatic carbocycles. The lowest BCUT2D eigenvalue weighted by Crippen LogP contribution is -2.27. The molecule has 12 heavy (non-hydrogen) atoms. The number of carbonyl (C=O) groups is 1. The second-order valence-corrected chi connectivity index (χ2v) is 3.38. The number of nitrogens with zero attached hydrogens (tertiary/aromatic N) is 1. The molecule has 0 radical (unpaired) electrons. The molecule has 1 amide bonds. The van der Waals surface area contributed by atoms with E-state index in [2.05, 4.69) is 6.58 Å². The molecule has 0 aromatic carbocycles. The van der Waals surface area contributed by atoms with Crippen molar-refractivity contribution < 1.29 is 4.79 Å². The second-order valence-electron chi connectivity index (χ2n) is 3.00. The molecule has 0 fully saturated rings. The van der Waals surface area contributed by atoms with Crippen LogP contribution in [0.15, 0.2) is 12.2 Å². The number of alkyl halides is 1. The van der Waals surface area contributed by atoms with Crippen molar-refractivity contribution in [2.75, 3.05) is 19.5 Å². The maximum atomic E-state index is 11.3. The molecule has 0 atom stereocenters. The van der Waals surface area contributed by atoms with E-state index in [1.165, 1.54) is 0 Å². The van der Waals surface area contributed by atoms with E-state index in [1.54, 1.807) is 11.9 Å². The molecule has 0 rings (SSSR count). The number of rotatable bonds is 5. The third-order valence-electron chi connectivity index (χ3n) is 1.46. The van der Waals surface area contributed by atoms with Gasteiger partial charge in [0.1, 0.15) is 0 Å². The SMILES string of the molecule is C=C(C)CN(C)C(=O)CCCCl. The van der Waals surface area contributed by atoms with Gasteiger partial charge in [-0.3, -0.25) is 4.79 Å². The molecule has 0 saturated carbocycles. The minimum atomic E-state index is 0.138. The van der Waals surface area contributed by atoms with Gasteiger partial charge in [-0.15, -0.1) is 11.6 Å². The summed E-state index contributed by atoms with van der Waals surface area (Å²) in [5.74, 6) is 0.686. The molecule has 0 N–H and O–H groups in total. The maximum absolute atomic E-state index is 11.3. The van der Waals surface area contributed by atoms with Crippen molar-refractivity contribution in [1.29, 1.82) is 0 Å². The number of likely N-dealkylation sites (N-methyl/N-ethyl adjacent to an activating group) is 1. The van der Waals surface area contributed by atoms with Crippen LogP contribution < -0.4 is 0 Å². The van der Waals surface area contributed by atoms with Crippen molar-refractivity contribution in [3.05, 3.63) is 12.2 Å². The summed E-state index contributed by atoms with van der Waals surface area (Å²) >= 11 is 5.47. The van der Waals surface area contributed by atoms with E-state index in [1.807, 2.05) is 6.92 Å². The third-order valence-corrected chi connectivity index (χ3v) is 1.72. The largest absolute Gasteiger partial charge is 0.342 e. The van der Waals surface area contributed by atoms with Gasteiger partial charge in [-0.1, -0.05) is 12.2 Å². The van der Waals surface area contributed by atoms with E-state index in [0.717, 1.165) is 12.0 Å². The van der Waals surface area contributed by atoms with Gasteiger partial charge in [-0.25, -0.2) is 0 Å². The summed E-state index contributed by atoms with van der Waals surface area (Å²) in [6, 6.07) is 0. The maximum Gasteiger partial charge on any atom is 0.222 e. The summed E-state index contributed by atoms with van der Waals surface area (Å²) in [5.41, 5.74) is 0.997. The standard InChI is InChI=1S/C9H16ClNO/c1-8(2)7-11(3)9(12)5-4-6-10/h1,4-7H2,2-3H3. The average molecular weight is 190 g/mol. The molecular weight excluding hydrogens is 174 g/mol. The summed E-state index contributed by atoms with van der Waals surface area (Å²) in [5, 5.41) is 0. The molecule has 0 aliphatic heterocycles. The molecule has 0 bridgehead atoms. The number of carbonyl (C=O) groups excluding carboxylic acids is 1. The Morgan fingerprint density at radius 3 is 2.58 bits per heavy atom. The monoisotopic (exact) mass is 189 g/mol. The van der Waals surface area contributed by atoms with Crippen LogP contribution in [0.2, 0.25) is 0 Å². The van der Waals surface area contributed by atoms with Crippen molar-refractivity contribution in [3.8, 4) is 0 Å². The zero-order valence-corrected chi connectivity index (χ0v) is 8.52. The van der Waals surface area contributed by atoms with Crippen molar-refractivity contribution in [2.45, 2.75) is 19.8 Å². The number of hydrogen-bond donors (Lipinski definition) is 0. The quantitative estimate of drug-likeness (QED) is 0.479. The Balaban J connectivity index is 3.69. The zero-order chi connectivity index (χ0) is 9.56. The summed E-state index contributed by atoms with van der Waals surface area (Å²) in [6.07, 6.45) is 1.29. The van der Waals surface area contributed by atoms with Crippen LogP contribution >= 0.6 is 11.6 Å². The lowest BCUT2D eigenvalue weighted by molar-refractivity contribution is -0.129. The first kappa shape index (κ1) is 11.5. The predicted octanol–water partition coefficient (Wildman–Crippen LogP) is 2.04. The highest BCUT2D eigenvalue weighted by Crippen LogP contribution is 1.99. The van der Waals surface area contributed by atoms with E-state index in [-0.39, 0.29) is 5.91 Å². The number of halogens is 1. The van der Waals surface area contributed by atoms with Gasteiger partial charge in [0.05, 0.1) is 0 Å². The summed E-state index contributed by atoms with van der Waals surface area (Å²) < 4.78 is 0. The molecule has 70 valence electrons. The highest BCUT2D eigenvalue weighted by atomic mass is 35.5. The molecule has 2 nitrogen and oxygen atoms in total. The van der Waals surface area contributed by atoms with Gasteiger partial charge in [-0.2, -0.15) is 0 Å². The van der Waals surface area contributed by atoms with Crippen molar-refractivity contribution in [3.63, 3.8) is 0 Å². The molecule has 0 aromatic rings. The molecule has 0 aromatic heterocycles. The predicted molar refractivity (Wildman–Crippen MR) is 52.4 cm³/mol. The van der Waals surface area contributed by atoms with Crippen molar-refractivity contribution in [1.82, 2.24) is 4.90 Å². The molecule has 0 saturated heterocycles. The lowest BCUT2D eigenvalue weighted by atomic mass is 10.2. The lowest BCUT2D eigenvalue weighted by Gasteiger charge is -2.16. The van der Waals surface area contributed by atoms with Crippen molar-refractivity contribution >= 4 is 17.5 Å². The second kappa shape index (κ2) is 6.06. The number of hydrogen-bond acceptors (Lipinski definition) is 1. The van der Waals surface area contributed by atoms with Crippen LogP contribution in [0.5, 0.6) is 0 Å². The molecule has 3 heteroatoms. The van der Waals surface area contributed by atoms with E-state index >= 15 is 0 Å². The molecular formula is C9H16ClNO. The Morgan fingerprint density at radius 2 is 2.17 bits per heavy atom. The first-order chi connectivity index (χ1) is 5.57. The van der Waals surface area contributed by atoms with E-state index in [4.69, 9.17) is 11.6 Å². The minimum absolute atomic E-state index is 0.138. The van der Waals surface area contributed by atoms with Crippen LogP contribution in [0.1, 0.15) is 19.8 Å². The Hall–Kier alpha value is -0.500. The van der Waals surface area contributed by atoms with Crippen molar-refractivity contribution in [2.24, 2.45) is 0 Å². The third kappa shape index (κ3) is 5.19.